The van der Waals surface area contributed by atoms with E-state index in [1.807, 2.05) is 35.0 Å². The second-order valence-corrected chi connectivity index (χ2v) is 5.70. The van der Waals surface area contributed by atoms with Crippen molar-refractivity contribution in [3.8, 4) is 11.1 Å². The first-order chi connectivity index (χ1) is 9.78. The summed E-state index contributed by atoms with van der Waals surface area (Å²) in [5, 5.41) is 20.0. The number of nitrogens with one attached hydrogen (secondary N) is 2. The first-order valence-corrected chi connectivity index (χ1v) is 7.53. The van der Waals surface area contributed by atoms with Crippen LogP contribution in [0, 0.1) is 0 Å². The van der Waals surface area contributed by atoms with Gasteiger partial charge in [-0.2, -0.15) is 11.3 Å². The SMILES string of the molecule is O=CNc1cc(C(O)NC2CC2)ccc1-c1ccsc1. The topological polar surface area (TPSA) is 61.4 Å². The molecule has 2 aromatic rings. The molecule has 0 radical (unpaired) electrons. The predicted octanol–water partition coefficient (Wildman–Crippen LogP) is 2.73. The molecule has 0 bridgehead atoms. The van der Waals surface area contributed by atoms with Crippen molar-refractivity contribution in [2.24, 2.45) is 0 Å². The largest absolute Gasteiger partial charge is 0.374 e. The lowest BCUT2D eigenvalue weighted by Crippen LogP contribution is -2.22. The lowest BCUT2D eigenvalue weighted by atomic mass is 10.0. The normalized spacial score (nSPS) is 15.8. The summed E-state index contributed by atoms with van der Waals surface area (Å²) >= 11 is 1.61. The zero-order valence-electron chi connectivity index (χ0n) is 10.9. The van der Waals surface area contributed by atoms with Gasteiger partial charge in [-0.05, 0) is 46.9 Å². The summed E-state index contributed by atoms with van der Waals surface area (Å²) < 4.78 is 0. The Morgan fingerprint density at radius 3 is 2.85 bits per heavy atom. The molecule has 1 saturated carbocycles. The Balaban J connectivity index is 1.90. The van der Waals surface area contributed by atoms with Crippen LogP contribution in [0.3, 0.4) is 0 Å². The summed E-state index contributed by atoms with van der Waals surface area (Å²) in [4.78, 5) is 10.8. The van der Waals surface area contributed by atoms with Crippen molar-refractivity contribution in [3.05, 3.63) is 40.6 Å². The number of amides is 1. The third-order valence-corrected chi connectivity index (χ3v) is 4.06. The van der Waals surface area contributed by atoms with Gasteiger partial charge >= 0.3 is 0 Å². The quantitative estimate of drug-likeness (QED) is 0.566. The van der Waals surface area contributed by atoms with Gasteiger partial charge in [0, 0.05) is 17.3 Å². The van der Waals surface area contributed by atoms with Crippen LogP contribution in [0.25, 0.3) is 11.1 Å². The summed E-state index contributed by atoms with van der Waals surface area (Å²) in [6.07, 6.45) is 2.20. The molecular formula is C15H16N2O2S. The van der Waals surface area contributed by atoms with E-state index in [1.54, 1.807) is 11.3 Å². The maximum atomic E-state index is 10.8. The summed E-state index contributed by atoms with van der Waals surface area (Å²) in [6, 6.07) is 8.07. The molecule has 1 atom stereocenters. The van der Waals surface area contributed by atoms with Crippen molar-refractivity contribution in [3.63, 3.8) is 0 Å². The van der Waals surface area contributed by atoms with Gasteiger partial charge in [0.2, 0.25) is 6.41 Å². The lowest BCUT2D eigenvalue weighted by molar-refractivity contribution is -0.105. The molecule has 1 heterocycles. The Bertz CT molecular complexity index is 594. The van der Waals surface area contributed by atoms with E-state index in [9.17, 15) is 9.90 Å². The van der Waals surface area contributed by atoms with Crippen LogP contribution in [0.4, 0.5) is 5.69 Å². The molecule has 0 aliphatic heterocycles. The van der Waals surface area contributed by atoms with Crippen molar-refractivity contribution in [2.45, 2.75) is 25.1 Å². The van der Waals surface area contributed by atoms with Gasteiger partial charge in [0.1, 0.15) is 6.23 Å². The molecule has 104 valence electrons. The van der Waals surface area contributed by atoms with Crippen LogP contribution in [0.2, 0.25) is 0 Å². The minimum absolute atomic E-state index is 0.420. The monoisotopic (exact) mass is 288 g/mol. The molecule has 3 N–H and O–H groups in total. The number of anilines is 1. The zero-order valence-corrected chi connectivity index (χ0v) is 11.7. The standard InChI is InChI=1S/C15H16N2O2S/c18-9-16-14-7-10(15(19)17-12-2-3-12)1-4-13(14)11-5-6-20-8-11/h1,4-9,12,15,17,19H,2-3H2,(H,16,18). The van der Waals surface area contributed by atoms with Crippen LogP contribution in [0.15, 0.2) is 35.0 Å². The second kappa shape index (κ2) is 5.75. The van der Waals surface area contributed by atoms with Crippen LogP contribution in [-0.4, -0.2) is 17.6 Å². The zero-order chi connectivity index (χ0) is 13.9. The van der Waals surface area contributed by atoms with Crippen LogP contribution in [0.1, 0.15) is 24.6 Å². The van der Waals surface area contributed by atoms with E-state index in [1.165, 1.54) is 0 Å². The fraction of sp³-hybridized carbons (Fsp3) is 0.267. The fourth-order valence-corrected chi connectivity index (χ4v) is 2.81. The van der Waals surface area contributed by atoms with Crippen molar-refractivity contribution >= 4 is 23.4 Å². The number of aliphatic hydroxyl groups is 1. The third kappa shape index (κ3) is 2.90. The van der Waals surface area contributed by atoms with Crippen molar-refractivity contribution in [1.82, 2.24) is 5.32 Å². The van der Waals surface area contributed by atoms with E-state index in [0.717, 1.165) is 29.5 Å². The highest BCUT2D eigenvalue weighted by molar-refractivity contribution is 7.08. The molecule has 1 fully saturated rings. The number of hydrogen-bond donors (Lipinski definition) is 3. The molecule has 20 heavy (non-hydrogen) atoms. The van der Waals surface area contributed by atoms with Crippen molar-refractivity contribution < 1.29 is 9.90 Å². The highest BCUT2D eigenvalue weighted by atomic mass is 32.1. The number of rotatable bonds is 6. The number of aliphatic hydroxyl groups excluding tert-OH is 1. The van der Waals surface area contributed by atoms with Gasteiger partial charge in [-0.15, -0.1) is 0 Å². The number of hydrogen-bond acceptors (Lipinski definition) is 4. The molecule has 0 spiro atoms. The molecule has 5 heteroatoms. The van der Waals surface area contributed by atoms with Crippen LogP contribution in [0.5, 0.6) is 0 Å². The summed E-state index contributed by atoms with van der Waals surface area (Å²) in [6.45, 7) is 0. The summed E-state index contributed by atoms with van der Waals surface area (Å²) in [7, 11) is 0. The van der Waals surface area contributed by atoms with Crippen molar-refractivity contribution in [2.75, 3.05) is 5.32 Å². The van der Waals surface area contributed by atoms with Gasteiger partial charge in [-0.1, -0.05) is 12.1 Å². The Kier molecular flexibility index (Phi) is 3.82. The smallest absolute Gasteiger partial charge is 0.211 e. The van der Waals surface area contributed by atoms with Crippen LogP contribution >= 0.6 is 11.3 Å². The highest BCUT2D eigenvalue weighted by Gasteiger charge is 2.24. The second-order valence-electron chi connectivity index (χ2n) is 4.92. The molecule has 1 aromatic carbocycles. The molecule has 3 rings (SSSR count). The van der Waals surface area contributed by atoms with Gasteiger partial charge in [-0.3, -0.25) is 10.1 Å². The molecule has 1 aliphatic rings. The highest BCUT2D eigenvalue weighted by Crippen LogP contribution is 2.32. The molecule has 1 aromatic heterocycles. The van der Waals surface area contributed by atoms with Crippen molar-refractivity contribution in [1.29, 1.82) is 0 Å². The summed E-state index contributed by atoms with van der Waals surface area (Å²) in [5.41, 5.74) is 3.50. The average Bonchev–Trinajstić information content (AvgIpc) is 3.10. The maximum absolute atomic E-state index is 10.8. The first-order valence-electron chi connectivity index (χ1n) is 6.59. The number of carbonyl (C=O) groups excluding carboxylic acids is 1. The van der Waals surface area contributed by atoms with E-state index in [-0.39, 0.29) is 0 Å². The van der Waals surface area contributed by atoms with Gasteiger partial charge in [0.15, 0.2) is 0 Å². The molecule has 1 amide bonds. The minimum Gasteiger partial charge on any atom is -0.374 e. The van der Waals surface area contributed by atoms with E-state index < -0.39 is 6.23 Å². The van der Waals surface area contributed by atoms with Gasteiger partial charge in [-0.25, -0.2) is 0 Å². The average molecular weight is 288 g/mol. The van der Waals surface area contributed by atoms with Gasteiger partial charge < -0.3 is 10.4 Å². The molecule has 4 nitrogen and oxygen atoms in total. The lowest BCUT2D eigenvalue weighted by Gasteiger charge is -2.15. The van der Waals surface area contributed by atoms with E-state index in [0.29, 0.717) is 18.1 Å². The minimum atomic E-state index is -0.689. The van der Waals surface area contributed by atoms with Gasteiger partial charge in [0.25, 0.3) is 0 Å². The maximum Gasteiger partial charge on any atom is 0.211 e. The van der Waals surface area contributed by atoms with E-state index in [2.05, 4.69) is 10.6 Å². The molecule has 0 saturated heterocycles. The molecule has 1 unspecified atom stereocenters. The predicted molar refractivity (Wildman–Crippen MR) is 80.6 cm³/mol. The summed E-state index contributed by atoms with van der Waals surface area (Å²) in [5.74, 6) is 0. The Hall–Kier alpha value is -1.69. The van der Waals surface area contributed by atoms with Gasteiger partial charge in [0.05, 0.1) is 0 Å². The van der Waals surface area contributed by atoms with E-state index in [4.69, 9.17) is 0 Å². The molecular weight excluding hydrogens is 272 g/mol. The third-order valence-electron chi connectivity index (χ3n) is 3.38. The van der Waals surface area contributed by atoms with E-state index >= 15 is 0 Å². The van der Waals surface area contributed by atoms with Crippen LogP contribution < -0.4 is 10.6 Å². The Morgan fingerprint density at radius 2 is 2.20 bits per heavy atom. The Morgan fingerprint density at radius 1 is 1.35 bits per heavy atom. The molecule has 1 aliphatic carbocycles. The Labute approximate surface area is 121 Å². The van der Waals surface area contributed by atoms with Crippen LogP contribution in [-0.2, 0) is 4.79 Å². The number of benzene rings is 1. The number of carbonyl (C=O) groups is 1. The fourth-order valence-electron chi connectivity index (χ4n) is 2.15. The number of thiophene rings is 1. The first kappa shape index (κ1) is 13.3.